The van der Waals surface area contributed by atoms with Crippen molar-refractivity contribution < 1.29 is 18.7 Å². The van der Waals surface area contributed by atoms with E-state index in [1.54, 1.807) is 20.0 Å². The average Bonchev–Trinajstić information content (AvgIpc) is 2.67. The number of pyridine rings is 1. The fraction of sp³-hybridized carbons (Fsp3) is 0.560. The van der Waals surface area contributed by atoms with Gasteiger partial charge in [0.05, 0.1) is 25.2 Å². The van der Waals surface area contributed by atoms with Gasteiger partial charge in [-0.05, 0) is 54.5 Å². The quantitative estimate of drug-likeness (QED) is 0.422. The van der Waals surface area contributed by atoms with Gasteiger partial charge in [0.2, 0.25) is 0 Å². The van der Waals surface area contributed by atoms with Crippen molar-refractivity contribution in [3.05, 3.63) is 47.2 Å². The lowest BCUT2D eigenvalue weighted by Crippen LogP contribution is -2.18. The van der Waals surface area contributed by atoms with E-state index in [2.05, 4.69) is 51.8 Å². The Hall–Kier alpha value is -1.72. The van der Waals surface area contributed by atoms with Crippen LogP contribution in [-0.4, -0.2) is 29.6 Å². The van der Waals surface area contributed by atoms with Crippen LogP contribution in [-0.2, 0) is 31.0 Å². The summed E-state index contributed by atoms with van der Waals surface area (Å²) in [5, 5.41) is 14.2. The molecular weight excluding hydrogens is 423 g/mol. The summed E-state index contributed by atoms with van der Waals surface area (Å²) in [7, 11) is -3.14. The summed E-state index contributed by atoms with van der Waals surface area (Å²) in [5.41, 5.74) is 4.20. The number of hydrogen-bond donors (Lipinski definition) is 2. The molecule has 2 N–H and O–H groups in total. The van der Waals surface area contributed by atoms with Gasteiger partial charge >= 0.3 is 7.60 Å². The third-order valence-corrected chi connectivity index (χ3v) is 7.05. The van der Waals surface area contributed by atoms with Gasteiger partial charge in [0.15, 0.2) is 0 Å². The molecule has 0 aliphatic heterocycles. The average molecular weight is 463 g/mol. The summed E-state index contributed by atoms with van der Waals surface area (Å²) in [6.45, 7) is 17.4. The van der Waals surface area contributed by atoms with Crippen LogP contribution >= 0.6 is 7.60 Å². The number of phenolic OH excluding ortho intramolecular Hbond substituents is 1. The van der Waals surface area contributed by atoms with E-state index in [9.17, 15) is 9.67 Å². The van der Waals surface area contributed by atoms with E-state index in [1.165, 1.54) is 0 Å². The van der Waals surface area contributed by atoms with E-state index < -0.39 is 7.60 Å². The van der Waals surface area contributed by atoms with Gasteiger partial charge in [-0.25, -0.2) is 0 Å². The summed E-state index contributed by atoms with van der Waals surface area (Å²) in [6.07, 6.45) is 1.92. The third kappa shape index (κ3) is 6.89. The van der Waals surface area contributed by atoms with Gasteiger partial charge in [-0.1, -0.05) is 41.5 Å². The first kappa shape index (κ1) is 26.5. The van der Waals surface area contributed by atoms with Crippen molar-refractivity contribution in [3.63, 3.8) is 0 Å². The summed E-state index contributed by atoms with van der Waals surface area (Å²) < 4.78 is 23.3. The molecule has 1 heterocycles. The van der Waals surface area contributed by atoms with Gasteiger partial charge in [-0.2, -0.15) is 0 Å². The molecule has 2 aromatic rings. The summed E-state index contributed by atoms with van der Waals surface area (Å²) >= 11 is 0. The maximum atomic E-state index is 12.6. The van der Waals surface area contributed by atoms with Gasteiger partial charge in [0.25, 0.3) is 0 Å². The minimum atomic E-state index is -3.14. The van der Waals surface area contributed by atoms with Crippen molar-refractivity contribution in [2.24, 2.45) is 0 Å². The lowest BCUT2D eigenvalue weighted by atomic mass is 9.78. The lowest BCUT2D eigenvalue weighted by Gasteiger charge is -2.28. The zero-order chi connectivity index (χ0) is 24.2. The van der Waals surface area contributed by atoms with Crippen LogP contribution in [0, 0.1) is 0 Å². The highest BCUT2D eigenvalue weighted by molar-refractivity contribution is 7.53. The number of benzene rings is 1. The number of aromatic hydroxyl groups is 1. The fourth-order valence-electron chi connectivity index (χ4n) is 3.53. The van der Waals surface area contributed by atoms with Gasteiger partial charge < -0.3 is 19.5 Å². The molecule has 0 radical (unpaired) electrons. The number of hydrogen-bond acceptors (Lipinski definition) is 6. The molecule has 2 rings (SSSR count). The van der Waals surface area contributed by atoms with Gasteiger partial charge in [-0.3, -0.25) is 9.55 Å². The highest BCUT2D eigenvalue weighted by atomic mass is 31.2. The fourth-order valence-corrected chi connectivity index (χ4v) is 4.96. The number of nitrogens with one attached hydrogen (secondary N) is 1. The van der Waals surface area contributed by atoms with E-state index in [0.29, 0.717) is 25.5 Å². The van der Waals surface area contributed by atoms with Crippen molar-refractivity contribution >= 4 is 7.60 Å². The van der Waals surface area contributed by atoms with E-state index in [1.807, 2.05) is 24.3 Å². The molecule has 0 bridgehead atoms. The molecule has 7 heteroatoms. The topological polar surface area (TPSA) is 80.7 Å². The Morgan fingerprint density at radius 2 is 1.50 bits per heavy atom. The van der Waals surface area contributed by atoms with Crippen molar-refractivity contribution in [2.45, 2.75) is 72.8 Å². The molecule has 1 aromatic carbocycles. The molecule has 0 saturated heterocycles. The SMILES string of the molecule is CCOP(=O)(CNCc1ccnc(-c2cc(C(C)(C)C)c(O)c(C(C)(C)C)c2)c1)OCC. The smallest absolute Gasteiger partial charge is 0.344 e. The van der Waals surface area contributed by atoms with E-state index in [0.717, 1.165) is 27.9 Å². The van der Waals surface area contributed by atoms with Crippen LogP contribution < -0.4 is 5.32 Å². The lowest BCUT2D eigenvalue weighted by molar-refractivity contribution is 0.218. The first-order valence-corrected chi connectivity index (χ1v) is 13.0. The minimum absolute atomic E-state index is 0.147. The zero-order valence-corrected chi connectivity index (χ0v) is 21.7. The Morgan fingerprint density at radius 1 is 0.969 bits per heavy atom. The molecule has 178 valence electrons. The van der Waals surface area contributed by atoms with Crippen LogP contribution in [0.15, 0.2) is 30.5 Å². The number of nitrogens with zero attached hydrogens (tertiary/aromatic N) is 1. The standard InChI is InChI=1S/C25H39N2O4P/c1-9-30-32(29,31-10-2)17-26-16-18-11-12-27-22(13-18)19-14-20(24(3,4)5)23(28)21(15-19)25(6,7)8/h11-15,26,28H,9-10,16-17H2,1-8H3. The summed E-state index contributed by atoms with van der Waals surface area (Å²) in [4.78, 5) is 4.59. The Morgan fingerprint density at radius 3 is 1.97 bits per heavy atom. The van der Waals surface area contributed by atoms with Crippen molar-refractivity contribution in [1.29, 1.82) is 0 Å². The predicted molar refractivity (Wildman–Crippen MR) is 131 cm³/mol. The van der Waals surface area contributed by atoms with E-state index >= 15 is 0 Å². The predicted octanol–water partition coefficient (Wildman–Crippen LogP) is 6.36. The second-order valence-corrected chi connectivity index (χ2v) is 12.1. The minimum Gasteiger partial charge on any atom is -0.507 e. The third-order valence-electron chi connectivity index (χ3n) is 5.13. The maximum absolute atomic E-state index is 12.6. The summed E-state index contributed by atoms with van der Waals surface area (Å²) in [6, 6.07) is 8.01. The first-order chi connectivity index (χ1) is 14.8. The van der Waals surface area contributed by atoms with Crippen LogP contribution in [0.3, 0.4) is 0 Å². The zero-order valence-electron chi connectivity index (χ0n) is 20.8. The molecule has 32 heavy (non-hydrogen) atoms. The highest BCUT2D eigenvalue weighted by Gasteiger charge is 2.27. The van der Waals surface area contributed by atoms with Gasteiger partial charge in [0, 0.05) is 29.4 Å². The molecule has 0 unspecified atom stereocenters. The normalized spacial score (nSPS) is 12.9. The van der Waals surface area contributed by atoms with Crippen LogP contribution in [0.2, 0.25) is 0 Å². The van der Waals surface area contributed by atoms with Crippen LogP contribution in [0.25, 0.3) is 11.3 Å². The van der Waals surface area contributed by atoms with E-state index in [4.69, 9.17) is 9.05 Å². The Kier molecular flexibility index (Phi) is 8.69. The first-order valence-electron chi connectivity index (χ1n) is 11.2. The molecule has 0 atom stereocenters. The van der Waals surface area contributed by atoms with E-state index in [-0.39, 0.29) is 17.1 Å². The number of phenols is 1. The molecule has 6 nitrogen and oxygen atoms in total. The highest BCUT2D eigenvalue weighted by Crippen LogP contribution is 2.46. The Bertz CT molecular complexity index is 916. The molecule has 0 amide bonds. The number of rotatable bonds is 9. The Labute approximate surface area is 193 Å². The molecule has 0 saturated carbocycles. The second-order valence-electron chi connectivity index (χ2n) is 10.0. The maximum Gasteiger partial charge on any atom is 0.344 e. The summed E-state index contributed by atoms with van der Waals surface area (Å²) in [5.74, 6) is 0.356. The molecule has 1 aromatic heterocycles. The van der Waals surface area contributed by atoms with Crippen molar-refractivity contribution in [2.75, 3.05) is 19.5 Å². The monoisotopic (exact) mass is 462 g/mol. The van der Waals surface area contributed by atoms with Crippen molar-refractivity contribution in [3.8, 4) is 17.0 Å². The van der Waals surface area contributed by atoms with Gasteiger partial charge in [0.1, 0.15) is 5.75 Å². The molecule has 0 spiro atoms. The molecule has 0 fully saturated rings. The van der Waals surface area contributed by atoms with Gasteiger partial charge in [-0.15, -0.1) is 0 Å². The second kappa shape index (κ2) is 10.5. The number of aromatic nitrogens is 1. The molecule has 0 aliphatic carbocycles. The van der Waals surface area contributed by atoms with Crippen LogP contribution in [0.4, 0.5) is 0 Å². The molecular formula is C25H39N2O4P. The largest absolute Gasteiger partial charge is 0.507 e. The van der Waals surface area contributed by atoms with Crippen molar-refractivity contribution in [1.82, 2.24) is 10.3 Å². The molecule has 0 aliphatic rings. The van der Waals surface area contributed by atoms with Crippen LogP contribution in [0.5, 0.6) is 5.75 Å². The Balaban J connectivity index is 2.34. The van der Waals surface area contributed by atoms with Crippen LogP contribution in [0.1, 0.15) is 72.1 Å².